The molecule has 7 nitrogen and oxygen atoms in total. The Hall–Kier alpha value is -2.67. The van der Waals surface area contributed by atoms with Gasteiger partial charge in [0.1, 0.15) is 6.54 Å². The highest BCUT2D eigenvalue weighted by molar-refractivity contribution is 5.90. The van der Waals surface area contributed by atoms with Crippen molar-refractivity contribution < 1.29 is 9.59 Å². The lowest BCUT2D eigenvalue weighted by Crippen LogP contribution is -2.31. The van der Waals surface area contributed by atoms with Crippen LogP contribution in [0.4, 0.5) is 5.69 Å². The van der Waals surface area contributed by atoms with Crippen molar-refractivity contribution in [2.45, 2.75) is 44.8 Å². The number of hydrogen-bond acceptors (Lipinski definition) is 4. The number of anilines is 1. The first-order valence-electron chi connectivity index (χ1n) is 8.98. The molecule has 138 valence electrons. The van der Waals surface area contributed by atoms with Gasteiger partial charge in [0.25, 0.3) is 0 Å². The number of nitrogens with zero attached hydrogens (tertiary/aromatic N) is 2. The van der Waals surface area contributed by atoms with E-state index in [1.54, 1.807) is 23.1 Å². The van der Waals surface area contributed by atoms with Gasteiger partial charge in [0.05, 0.1) is 0 Å². The van der Waals surface area contributed by atoms with E-state index in [1.807, 2.05) is 24.3 Å². The minimum absolute atomic E-state index is 0.0282. The van der Waals surface area contributed by atoms with E-state index in [2.05, 4.69) is 15.7 Å². The van der Waals surface area contributed by atoms with Crippen LogP contribution in [0.15, 0.2) is 42.7 Å². The fourth-order valence-corrected chi connectivity index (χ4v) is 3.33. The maximum absolute atomic E-state index is 12.1. The monoisotopic (exact) mass is 355 g/mol. The van der Waals surface area contributed by atoms with E-state index in [0.29, 0.717) is 24.6 Å². The lowest BCUT2D eigenvalue weighted by atomic mass is 10.00. The largest absolute Gasteiger partial charge is 0.352 e. The van der Waals surface area contributed by atoms with Gasteiger partial charge < -0.3 is 16.4 Å². The highest BCUT2D eigenvalue weighted by Gasteiger charge is 2.25. The van der Waals surface area contributed by atoms with E-state index in [1.165, 1.54) is 0 Å². The number of nitrogens with one attached hydrogen (secondary N) is 2. The molecular weight excluding hydrogens is 330 g/mol. The number of carbonyl (C=O) groups is 2. The number of nitrogens with two attached hydrogens (primary N) is 1. The Balaban J connectivity index is 1.47. The SMILES string of the molecule is N[C@@H]1CCC[C@H]1CC(=O)NCc1cccc(NC(=O)Cn2cccn2)c1. The number of amides is 2. The molecule has 2 atom stereocenters. The first kappa shape index (κ1) is 18.1. The standard InChI is InChI=1S/C19H25N5O2/c20-17-7-2-5-15(17)11-18(25)21-12-14-4-1-6-16(10-14)23-19(26)13-24-9-3-8-22-24/h1,3-4,6,8-10,15,17H,2,5,7,11-13,20H2,(H,21,25)(H,23,26)/t15-,17+/m0/s1. The van der Waals surface area contributed by atoms with E-state index >= 15 is 0 Å². The Morgan fingerprint density at radius 2 is 2.12 bits per heavy atom. The third kappa shape index (κ3) is 5.16. The molecule has 0 spiro atoms. The molecule has 0 aliphatic heterocycles. The lowest BCUT2D eigenvalue weighted by Gasteiger charge is -2.15. The van der Waals surface area contributed by atoms with Crippen molar-refractivity contribution in [2.75, 3.05) is 5.32 Å². The van der Waals surface area contributed by atoms with Gasteiger partial charge in [-0.25, -0.2) is 0 Å². The van der Waals surface area contributed by atoms with Gasteiger partial charge in [-0.2, -0.15) is 5.10 Å². The van der Waals surface area contributed by atoms with Crippen molar-refractivity contribution in [3.05, 3.63) is 48.3 Å². The molecule has 4 N–H and O–H groups in total. The number of hydrogen-bond donors (Lipinski definition) is 3. The molecule has 0 bridgehead atoms. The molecule has 26 heavy (non-hydrogen) atoms. The van der Waals surface area contributed by atoms with E-state index < -0.39 is 0 Å². The zero-order valence-electron chi connectivity index (χ0n) is 14.7. The Morgan fingerprint density at radius 1 is 1.23 bits per heavy atom. The van der Waals surface area contributed by atoms with Crippen LogP contribution in [-0.2, 0) is 22.7 Å². The Kier molecular flexibility index (Phi) is 6.01. The fraction of sp³-hybridized carbons (Fsp3) is 0.421. The van der Waals surface area contributed by atoms with Crippen LogP contribution in [0.3, 0.4) is 0 Å². The van der Waals surface area contributed by atoms with Crippen LogP contribution in [0.5, 0.6) is 0 Å². The van der Waals surface area contributed by atoms with E-state index in [-0.39, 0.29) is 24.4 Å². The minimum atomic E-state index is -0.148. The van der Waals surface area contributed by atoms with Crippen molar-refractivity contribution >= 4 is 17.5 Å². The summed E-state index contributed by atoms with van der Waals surface area (Å²) < 4.78 is 1.56. The first-order chi connectivity index (χ1) is 12.6. The summed E-state index contributed by atoms with van der Waals surface area (Å²) in [4.78, 5) is 24.1. The van der Waals surface area contributed by atoms with Crippen molar-refractivity contribution in [3.8, 4) is 0 Å². The average Bonchev–Trinajstić information content (AvgIpc) is 3.26. The van der Waals surface area contributed by atoms with Gasteiger partial charge in [0, 0.05) is 37.1 Å². The molecule has 1 aromatic carbocycles. The van der Waals surface area contributed by atoms with Gasteiger partial charge in [0.2, 0.25) is 11.8 Å². The molecule has 1 aliphatic carbocycles. The van der Waals surface area contributed by atoms with Gasteiger partial charge in [-0.05, 0) is 42.5 Å². The molecule has 1 saturated carbocycles. The minimum Gasteiger partial charge on any atom is -0.352 e. The van der Waals surface area contributed by atoms with Crippen LogP contribution in [-0.4, -0.2) is 27.6 Å². The average molecular weight is 355 g/mol. The van der Waals surface area contributed by atoms with E-state index in [0.717, 1.165) is 24.8 Å². The summed E-state index contributed by atoms with van der Waals surface area (Å²) in [6.07, 6.45) is 7.02. The molecule has 1 aliphatic rings. The Morgan fingerprint density at radius 3 is 2.85 bits per heavy atom. The van der Waals surface area contributed by atoms with Crippen LogP contribution >= 0.6 is 0 Å². The van der Waals surface area contributed by atoms with Crippen molar-refractivity contribution in [1.82, 2.24) is 15.1 Å². The molecule has 2 aromatic rings. The third-order valence-corrected chi connectivity index (χ3v) is 4.73. The molecule has 1 heterocycles. The summed E-state index contributed by atoms with van der Waals surface area (Å²) in [6.45, 7) is 0.596. The second-order valence-corrected chi connectivity index (χ2v) is 6.79. The van der Waals surface area contributed by atoms with Crippen molar-refractivity contribution in [3.63, 3.8) is 0 Å². The topological polar surface area (TPSA) is 102 Å². The Bertz CT molecular complexity index is 744. The van der Waals surface area contributed by atoms with Gasteiger partial charge in [-0.15, -0.1) is 0 Å². The van der Waals surface area contributed by atoms with Gasteiger partial charge in [0.15, 0.2) is 0 Å². The third-order valence-electron chi connectivity index (χ3n) is 4.73. The van der Waals surface area contributed by atoms with Crippen LogP contribution in [0.2, 0.25) is 0 Å². The number of rotatable bonds is 7. The molecule has 3 rings (SSSR count). The fourth-order valence-electron chi connectivity index (χ4n) is 3.33. The maximum Gasteiger partial charge on any atom is 0.246 e. The number of carbonyl (C=O) groups excluding carboxylic acids is 2. The van der Waals surface area contributed by atoms with Crippen LogP contribution in [0, 0.1) is 5.92 Å². The van der Waals surface area contributed by atoms with E-state index in [4.69, 9.17) is 5.73 Å². The highest BCUT2D eigenvalue weighted by atomic mass is 16.2. The van der Waals surface area contributed by atoms with Crippen LogP contribution in [0.1, 0.15) is 31.2 Å². The molecule has 1 aromatic heterocycles. The predicted molar refractivity (Wildman–Crippen MR) is 99.1 cm³/mol. The molecule has 2 amide bonds. The second kappa shape index (κ2) is 8.62. The molecule has 0 saturated heterocycles. The molecule has 0 unspecified atom stereocenters. The summed E-state index contributed by atoms with van der Waals surface area (Å²) in [5, 5.41) is 9.80. The van der Waals surface area contributed by atoms with Gasteiger partial charge in [-0.1, -0.05) is 18.6 Å². The zero-order chi connectivity index (χ0) is 18.4. The molecule has 7 heteroatoms. The maximum atomic E-state index is 12.1. The summed E-state index contributed by atoms with van der Waals surface area (Å²) in [6, 6.07) is 9.39. The highest BCUT2D eigenvalue weighted by Crippen LogP contribution is 2.26. The lowest BCUT2D eigenvalue weighted by molar-refractivity contribution is -0.122. The summed E-state index contributed by atoms with van der Waals surface area (Å²) >= 11 is 0. The summed E-state index contributed by atoms with van der Waals surface area (Å²) in [5.41, 5.74) is 7.66. The zero-order valence-corrected chi connectivity index (χ0v) is 14.7. The quantitative estimate of drug-likeness (QED) is 0.703. The normalized spacial score (nSPS) is 19.3. The Labute approximate surface area is 153 Å². The van der Waals surface area contributed by atoms with Crippen LogP contribution < -0.4 is 16.4 Å². The number of benzene rings is 1. The van der Waals surface area contributed by atoms with Crippen molar-refractivity contribution in [2.24, 2.45) is 11.7 Å². The predicted octanol–water partition coefficient (Wildman–Crippen LogP) is 1.66. The molecule has 0 radical (unpaired) electrons. The first-order valence-corrected chi connectivity index (χ1v) is 8.98. The van der Waals surface area contributed by atoms with Gasteiger partial charge in [-0.3, -0.25) is 14.3 Å². The number of aromatic nitrogens is 2. The van der Waals surface area contributed by atoms with E-state index in [9.17, 15) is 9.59 Å². The van der Waals surface area contributed by atoms with Gasteiger partial charge >= 0.3 is 0 Å². The van der Waals surface area contributed by atoms with Crippen molar-refractivity contribution in [1.29, 1.82) is 0 Å². The second-order valence-electron chi connectivity index (χ2n) is 6.79. The molecule has 1 fully saturated rings. The molecular formula is C19H25N5O2. The summed E-state index contributed by atoms with van der Waals surface area (Å²) in [5.74, 6) is 0.175. The smallest absolute Gasteiger partial charge is 0.246 e. The van der Waals surface area contributed by atoms with Crippen LogP contribution in [0.25, 0.3) is 0 Å². The summed E-state index contributed by atoms with van der Waals surface area (Å²) in [7, 11) is 0.